The normalized spacial score (nSPS) is 10.5. The topological polar surface area (TPSA) is 79.9 Å². The average molecular weight is 392 g/mol. The lowest BCUT2D eigenvalue weighted by Crippen LogP contribution is -2.00. The van der Waals surface area contributed by atoms with Gasteiger partial charge in [-0.1, -0.05) is 24.3 Å². The fourth-order valence-corrected chi connectivity index (χ4v) is 3.11. The maximum absolute atomic E-state index is 11.0. The number of para-hydroxylation sites is 1. The Hall–Kier alpha value is -3.47. The second-order valence-electron chi connectivity index (χ2n) is 6.62. The van der Waals surface area contributed by atoms with E-state index in [4.69, 9.17) is 14.3 Å². The van der Waals surface area contributed by atoms with Gasteiger partial charge in [0.05, 0.1) is 6.61 Å². The Balaban J connectivity index is 0.000000283. The van der Waals surface area contributed by atoms with Gasteiger partial charge in [0.2, 0.25) is 0 Å². The number of rotatable bonds is 7. The zero-order valence-corrected chi connectivity index (χ0v) is 16.3. The highest BCUT2D eigenvalue weighted by atomic mass is 16.5. The van der Waals surface area contributed by atoms with Crippen molar-refractivity contribution in [3.05, 3.63) is 83.4 Å². The second kappa shape index (κ2) is 9.64. The molecule has 2 aromatic carbocycles. The molecule has 0 aliphatic carbocycles. The largest absolute Gasteiger partial charge is 0.507 e. The molecule has 2 bridgehead atoms. The highest BCUT2D eigenvalue weighted by Crippen LogP contribution is 2.22. The molecule has 2 aromatic heterocycles. The molecule has 4 aromatic rings. The molecule has 150 valence electrons. The van der Waals surface area contributed by atoms with Crippen molar-refractivity contribution in [2.75, 3.05) is 6.61 Å². The molecule has 0 atom stereocenters. The molecule has 0 fully saturated rings. The number of carbonyl (C=O) groups is 1. The van der Waals surface area contributed by atoms with Gasteiger partial charge < -0.3 is 19.4 Å². The van der Waals surface area contributed by atoms with Crippen LogP contribution in [0.5, 0.6) is 11.5 Å². The summed E-state index contributed by atoms with van der Waals surface area (Å²) in [5, 5.41) is 18.5. The van der Waals surface area contributed by atoms with Gasteiger partial charge in [-0.2, -0.15) is 0 Å². The summed E-state index contributed by atoms with van der Waals surface area (Å²) in [7, 11) is 0. The van der Waals surface area contributed by atoms with Crippen molar-refractivity contribution in [1.82, 2.24) is 0 Å². The molecule has 5 nitrogen and oxygen atoms in total. The Bertz CT molecular complexity index is 1010. The van der Waals surface area contributed by atoms with Gasteiger partial charge in [-0.15, -0.1) is 0 Å². The van der Waals surface area contributed by atoms with E-state index in [1.165, 1.54) is 12.1 Å². The predicted octanol–water partition coefficient (Wildman–Crippen LogP) is 5.54. The van der Waals surface area contributed by atoms with E-state index in [9.17, 15) is 9.90 Å². The Labute approximate surface area is 169 Å². The number of aryl methyl sites for hydroxylation is 2. The third-order valence-electron chi connectivity index (χ3n) is 4.53. The van der Waals surface area contributed by atoms with Crippen molar-refractivity contribution in [3.63, 3.8) is 0 Å². The van der Waals surface area contributed by atoms with Crippen molar-refractivity contribution in [2.45, 2.75) is 26.2 Å². The summed E-state index contributed by atoms with van der Waals surface area (Å²) in [6.07, 6.45) is 2.49. The summed E-state index contributed by atoms with van der Waals surface area (Å²) in [5.74, 6) is -0.402. The van der Waals surface area contributed by atoms with Crippen LogP contribution in [0.15, 0.2) is 71.1 Å². The molecule has 2 heterocycles. The summed E-state index contributed by atoms with van der Waals surface area (Å²) < 4.78 is 10.7. The van der Waals surface area contributed by atoms with Gasteiger partial charge in [0.1, 0.15) is 28.2 Å². The lowest BCUT2D eigenvalue weighted by atomic mass is 10.0. The Morgan fingerprint density at radius 1 is 0.966 bits per heavy atom. The fourth-order valence-electron chi connectivity index (χ4n) is 3.11. The molecule has 0 spiro atoms. The van der Waals surface area contributed by atoms with Crippen LogP contribution < -0.4 is 4.74 Å². The Kier molecular flexibility index (Phi) is 6.74. The number of benzene rings is 3. The van der Waals surface area contributed by atoms with Crippen molar-refractivity contribution in [1.29, 1.82) is 0 Å². The molecule has 4 rings (SSSR count). The van der Waals surface area contributed by atoms with E-state index >= 15 is 0 Å². The van der Waals surface area contributed by atoms with Crippen LogP contribution >= 0.6 is 0 Å². The van der Waals surface area contributed by atoms with Gasteiger partial charge >= 0.3 is 5.97 Å². The first-order valence-corrected chi connectivity index (χ1v) is 9.60. The molecule has 2 N–H and O–H groups in total. The quantitative estimate of drug-likeness (QED) is 0.432. The molecule has 0 aliphatic rings. The summed E-state index contributed by atoms with van der Waals surface area (Å²) in [4.78, 5) is 11.0. The van der Waals surface area contributed by atoms with Crippen LogP contribution in [0, 0.1) is 0 Å². The van der Waals surface area contributed by atoms with Gasteiger partial charge in [0.25, 0.3) is 0 Å². The van der Waals surface area contributed by atoms with E-state index in [1.54, 1.807) is 6.07 Å². The lowest BCUT2D eigenvalue weighted by Gasteiger charge is -2.10. The zero-order valence-electron chi connectivity index (χ0n) is 16.3. The third-order valence-corrected chi connectivity index (χ3v) is 4.53. The maximum Gasteiger partial charge on any atom is 0.339 e. The van der Waals surface area contributed by atoms with Gasteiger partial charge in [0.15, 0.2) is 0 Å². The Morgan fingerprint density at radius 3 is 2.24 bits per heavy atom. The van der Waals surface area contributed by atoms with E-state index in [1.807, 2.05) is 55.5 Å². The van der Waals surface area contributed by atoms with E-state index in [0.717, 1.165) is 47.3 Å². The van der Waals surface area contributed by atoms with Crippen LogP contribution in [-0.2, 0) is 12.8 Å². The summed E-state index contributed by atoms with van der Waals surface area (Å²) in [6, 6.07) is 20.5. The van der Waals surface area contributed by atoms with Crippen molar-refractivity contribution in [3.8, 4) is 11.5 Å². The SMILES string of the molecule is CCOc1ccccc1CCCc1ccc(O)c(C(=O)O)c1.c1cc2ccc1o2. The summed E-state index contributed by atoms with van der Waals surface area (Å²) in [6.45, 7) is 2.59. The number of aromatic carboxylic acids is 1. The smallest absolute Gasteiger partial charge is 0.339 e. The van der Waals surface area contributed by atoms with Crippen LogP contribution in [0.1, 0.15) is 34.8 Å². The molecular formula is C24H24O5. The molecular weight excluding hydrogens is 368 g/mol. The zero-order chi connectivity index (χ0) is 20.6. The van der Waals surface area contributed by atoms with E-state index in [0.29, 0.717) is 6.61 Å². The maximum atomic E-state index is 11.0. The molecule has 0 amide bonds. The van der Waals surface area contributed by atoms with E-state index < -0.39 is 5.97 Å². The van der Waals surface area contributed by atoms with Gasteiger partial charge in [-0.25, -0.2) is 4.79 Å². The standard InChI is InChI=1S/C18H20O4.C6H4O/c1-2-22-17-9-4-3-7-14(17)8-5-6-13-10-11-16(19)15(12-13)18(20)21;1-2-6-4-3-5(1)7-6/h3-4,7,9-12,19H,2,5-6,8H2,1H3,(H,20,21);1-4H. The summed E-state index contributed by atoms with van der Waals surface area (Å²) >= 11 is 0. The minimum absolute atomic E-state index is 0.0489. The molecule has 29 heavy (non-hydrogen) atoms. The highest BCUT2D eigenvalue weighted by molar-refractivity contribution is 5.90. The number of carboxylic acid groups (broad SMARTS) is 1. The van der Waals surface area contributed by atoms with Crippen LogP contribution in [0.2, 0.25) is 0 Å². The number of furan rings is 2. The van der Waals surface area contributed by atoms with Gasteiger partial charge in [-0.05, 0) is 79.8 Å². The highest BCUT2D eigenvalue weighted by Gasteiger charge is 2.10. The van der Waals surface area contributed by atoms with Crippen LogP contribution in [0.25, 0.3) is 11.2 Å². The number of hydrogen-bond donors (Lipinski definition) is 2. The van der Waals surface area contributed by atoms with Crippen molar-refractivity contribution < 1.29 is 24.2 Å². The third kappa shape index (κ3) is 5.51. The average Bonchev–Trinajstić information content (AvgIpc) is 3.37. The van der Waals surface area contributed by atoms with E-state index in [-0.39, 0.29) is 11.3 Å². The number of ether oxygens (including phenoxy) is 1. The molecule has 0 unspecified atom stereocenters. The molecule has 0 aliphatic heterocycles. The Morgan fingerprint density at radius 2 is 1.66 bits per heavy atom. The molecule has 0 radical (unpaired) electrons. The first-order chi connectivity index (χ1) is 14.1. The van der Waals surface area contributed by atoms with Crippen molar-refractivity contribution in [2.24, 2.45) is 0 Å². The number of hydrogen-bond acceptors (Lipinski definition) is 4. The number of fused-ring (bicyclic) bond motifs is 2. The predicted molar refractivity (Wildman–Crippen MR) is 112 cm³/mol. The molecule has 5 heteroatoms. The molecule has 0 saturated carbocycles. The summed E-state index contributed by atoms with van der Waals surface area (Å²) in [5.41, 5.74) is 3.95. The van der Waals surface area contributed by atoms with Crippen molar-refractivity contribution >= 4 is 17.1 Å². The van der Waals surface area contributed by atoms with Crippen LogP contribution in [0.4, 0.5) is 0 Å². The monoisotopic (exact) mass is 392 g/mol. The number of phenols is 1. The molecule has 0 saturated heterocycles. The van der Waals surface area contributed by atoms with Gasteiger partial charge in [0, 0.05) is 0 Å². The first-order valence-electron chi connectivity index (χ1n) is 9.60. The lowest BCUT2D eigenvalue weighted by molar-refractivity contribution is 0.0693. The minimum atomic E-state index is -1.11. The van der Waals surface area contributed by atoms with E-state index in [2.05, 4.69) is 0 Å². The second-order valence-corrected chi connectivity index (χ2v) is 6.62. The van der Waals surface area contributed by atoms with Gasteiger partial charge in [-0.3, -0.25) is 0 Å². The minimum Gasteiger partial charge on any atom is -0.507 e. The first kappa shape index (κ1) is 20.3. The fraction of sp³-hybridized carbons (Fsp3) is 0.208. The van der Waals surface area contributed by atoms with Crippen LogP contribution in [0.3, 0.4) is 0 Å². The number of aromatic hydroxyl groups is 1. The van der Waals surface area contributed by atoms with Crippen LogP contribution in [-0.4, -0.2) is 22.8 Å². The number of carboxylic acids is 1.